The van der Waals surface area contributed by atoms with Gasteiger partial charge in [-0.05, 0) is 56.2 Å². The fraction of sp³-hybridized carbons (Fsp3) is 0.611. The van der Waals surface area contributed by atoms with E-state index in [2.05, 4.69) is 5.32 Å². The molecular formula is C18H24FNO3. The van der Waals surface area contributed by atoms with Crippen molar-refractivity contribution in [1.82, 2.24) is 5.32 Å². The molecule has 1 saturated heterocycles. The number of halogens is 1. The molecule has 5 heteroatoms. The van der Waals surface area contributed by atoms with E-state index >= 15 is 0 Å². The Hall–Kier alpha value is -1.46. The van der Waals surface area contributed by atoms with E-state index in [1.165, 1.54) is 25.0 Å². The Morgan fingerprint density at radius 1 is 1.35 bits per heavy atom. The second kappa shape index (κ2) is 7.41. The van der Waals surface area contributed by atoms with Gasteiger partial charge in [0.1, 0.15) is 11.9 Å². The number of hydrogen-bond donors (Lipinski definition) is 1. The van der Waals surface area contributed by atoms with Crippen LogP contribution < -0.4 is 5.32 Å². The molecule has 0 unspecified atom stereocenters. The maximum absolute atomic E-state index is 13.2. The normalized spacial score (nSPS) is 23.5. The average Bonchev–Trinajstić information content (AvgIpc) is 3.23. The van der Waals surface area contributed by atoms with E-state index in [1.807, 2.05) is 0 Å². The van der Waals surface area contributed by atoms with Gasteiger partial charge in [0.25, 0.3) is 0 Å². The van der Waals surface area contributed by atoms with Crippen molar-refractivity contribution in [2.45, 2.75) is 50.9 Å². The highest BCUT2D eigenvalue weighted by atomic mass is 19.1. The quantitative estimate of drug-likeness (QED) is 0.840. The number of benzene rings is 1. The topological polar surface area (TPSA) is 47.6 Å². The van der Waals surface area contributed by atoms with Crippen LogP contribution in [0, 0.1) is 11.7 Å². The fourth-order valence-corrected chi connectivity index (χ4v) is 2.84. The first-order valence-corrected chi connectivity index (χ1v) is 8.42. The lowest BCUT2D eigenvalue weighted by atomic mass is 9.99. The van der Waals surface area contributed by atoms with Gasteiger partial charge in [-0.15, -0.1) is 0 Å². The van der Waals surface area contributed by atoms with Gasteiger partial charge in [0.05, 0.1) is 18.8 Å². The zero-order chi connectivity index (χ0) is 16.2. The molecule has 1 aromatic carbocycles. The smallest absolute Gasteiger partial charge is 0.249 e. The fourth-order valence-electron chi connectivity index (χ4n) is 2.84. The molecule has 2 aliphatic rings. The molecule has 1 aliphatic carbocycles. The van der Waals surface area contributed by atoms with Crippen LogP contribution in [0.4, 0.5) is 4.39 Å². The van der Waals surface area contributed by atoms with Gasteiger partial charge >= 0.3 is 0 Å². The molecule has 3 atom stereocenters. The zero-order valence-corrected chi connectivity index (χ0v) is 13.5. The highest BCUT2D eigenvalue weighted by molar-refractivity contribution is 5.80. The van der Waals surface area contributed by atoms with Crippen molar-refractivity contribution in [3.05, 3.63) is 35.6 Å². The monoisotopic (exact) mass is 321 g/mol. The summed E-state index contributed by atoms with van der Waals surface area (Å²) in [5.41, 5.74) is 0.862. The van der Waals surface area contributed by atoms with Crippen molar-refractivity contribution in [3.63, 3.8) is 0 Å². The first kappa shape index (κ1) is 16.4. The summed E-state index contributed by atoms with van der Waals surface area (Å²) in [7, 11) is 0. The van der Waals surface area contributed by atoms with Gasteiger partial charge in [-0.3, -0.25) is 4.79 Å². The standard InChI is InChI=1S/C18H24FNO3/c1-12(23-11-13-4-5-13)18(21)20-17(16-3-2-10-22-16)14-6-8-15(19)9-7-14/h6-9,12-13,16-17H,2-5,10-11H2,1H3,(H,20,21)/t12-,16-,17-/m0/s1. The lowest BCUT2D eigenvalue weighted by Crippen LogP contribution is -2.41. The molecule has 3 rings (SSSR count). The summed E-state index contributed by atoms with van der Waals surface area (Å²) < 4.78 is 24.5. The molecule has 4 nitrogen and oxygen atoms in total. The van der Waals surface area contributed by atoms with Crippen LogP contribution in [-0.4, -0.2) is 31.3 Å². The largest absolute Gasteiger partial charge is 0.376 e. The number of carbonyl (C=O) groups is 1. The molecule has 1 amide bonds. The molecule has 126 valence electrons. The Labute approximate surface area is 136 Å². The minimum absolute atomic E-state index is 0.0694. The van der Waals surface area contributed by atoms with Gasteiger partial charge in [-0.25, -0.2) is 4.39 Å². The minimum atomic E-state index is -0.486. The molecule has 0 aromatic heterocycles. The highest BCUT2D eigenvalue weighted by Gasteiger charge is 2.31. The summed E-state index contributed by atoms with van der Waals surface area (Å²) in [4.78, 5) is 12.4. The second-order valence-electron chi connectivity index (χ2n) is 6.51. The van der Waals surface area contributed by atoms with Gasteiger partial charge in [0.2, 0.25) is 5.91 Å². The van der Waals surface area contributed by atoms with Gasteiger partial charge in [-0.2, -0.15) is 0 Å². The van der Waals surface area contributed by atoms with Gasteiger partial charge in [0, 0.05) is 6.61 Å². The number of carbonyl (C=O) groups excluding carboxylic acids is 1. The molecular weight excluding hydrogens is 297 g/mol. The number of nitrogens with one attached hydrogen (secondary N) is 1. The first-order valence-electron chi connectivity index (χ1n) is 8.42. The van der Waals surface area contributed by atoms with Crippen LogP contribution in [0.5, 0.6) is 0 Å². The summed E-state index contributed by atoms with van der Waals surface area (Å²) in [5, 5.41) is 3.03. The average molecular weight is 321 g/mol. The van der Waals surface area contributed by atoms with Crippen LogP contribution in [0.3, 0.4) is 0 Å². The maximum atomic E-state index is 13.2. The summed E-state index contributed by atoms with van der Waals surface area (Å²) in [6.07, 6.45) is 3.70. The predicted octanol–water partition coefficient (Wildman–Crippen LogP) is 2.98. The van der Waals surface area contributed by atoms with E-state index in [1.54, 1.807) is 19.1 Å². The van der Waals surface area contributed by atoms with Crippen LogP contribution in [0.2, 0.25) is 0 Å². The van der Waals surface area contributed by atoms with Crippen molar-refractivity contribution in [2.75, 3.05) is 13.2 Å². The van der Waals surface area contributed by atoms with Crippen molar-refractivity contribution >= 4 is 5.91 Å². The molecule has 1 N–H and O–H groups in total. The lowest BCUT2D eigenvalue weighted by Gasteiger charge is -2.26. The number of ether oxygens (including phenoxy) is 2. The Morgan fingerprint density at radius 3 is 2.70 bits per heavy atom. The van der Waals surface area contributed by atoms with Crippen molar-refractivity contribution in [2.24, 2.45) is 5.92 Å². The number of amides is 1. The van der Waals surface area contributed by atoms with Crippen LogP contribution in [-0.2, 0) is 14.3 Å². The Balaban J connectivity index is 1.64. The lowest BCUT2D eigenvalue weighted by molar-refractivity contribution is -0.133. The zero-order valence-electron chi connectivity index (χ0n) is 13.5. The van der Waals surface area contributed by atoms with Crippen LogP contribution >= 0.6 is 0 Å². The minimum Gasteiger partial charge on any atom is -0.376 e. The van der Waals surface area contributed by atoms with Crippen molar-refractivity contribution < 1.29 is 18.7 Å². The van der Waals surface area contributed by atoms with Gasteiger partial charge in [0.15, 0.2) is 0 Å². The molecule has 2 fully saturated rings. The van der Waals surface area contributed by atoms with Gasteiger partial charge in [-0.1, -0.05) is 12.1 Å². The number of hydrogen-bond acceptors (Lipinski definition) is 3. The van der Waals surface area contributed by atoms with E-state index < -0.39 is 6.10 Å². The summed E-state index contributed by atoms with van der Waals surface area (Å²) in [5.74, 6) is 0.194. The van der Waals surface area contributed by atoms with Crippen molar-refractivity contribution in [3.8, 4) is 0 Å². The molecule has 0 radical (unpaired) electrons. The summed E-state index contributed by atoms with van der Waals surface area (Å²) in [6, 6.07) is 5.97. The van der Waals surface area contributed by atoms with Crippen molar-refractivity contribution in [1.29, 1.82) is 0 Å². The summed E-state index contributed by atoms with van der Waals surface area (Å²) in [6.45, 7) is 3.12. The van der Waals surface area contributed by atoms with Gasteiger partial charge < -0.3 is 14.8 Å². The first-order chi connectivity index (χ1) is 11.1. The van der Waals surface area contributed by atoms with E-state index in [0.717, 1.165) is 18.4 Å². The van der Waals surface area contributed by atoms with Crippen LogP contribution in [0.25, 0.3) is 0 Å². The Kier molecular flexibility index (Phi) is 5.28. The highest BCUT2D eigenvalue weighted by Crippen LogP contribution is 2.30. The van der Waals surface area contributed by atoms with E-state index in [-0.39, 0.29) is 23.9 Å². The predicted molar refractivity (Wildman–Crippen MR) is 84.4 cm³/mol. The SMILES string of the molecule is C[C@H](OCC1CC1)C(=O)N[C@@H](c1ccc(F)cc1)[C@@H]1CCCO1. The van der Waals surface area contributed by atoms with Crippen LogP contribution in [0.15, 0.2) is 24.3 Å². The molecule has 1 saturated carbocycles. The summed E-state index contributed by atoms with van der Waals surface area (Å²) >= 11 is 0. The molecule has 0 bridgehead atoms. The van der Waals surface area contributed by atoms with E-state index in [0.29, 0.717) is 19.1 Å². The Bertz CT molecular complexity index is 524. The third kappa shape index (κ3) is 4.52. The third-order valence-corrected chi connectivity index (χ3v) is 4.51. The molecule has 0 spiro atoms. The van der Waals surface area contributed by atoms with E-state index in [9.17, 15) is 9.18 Å². The van der Waals surface area contributed by atoms with E-state index in [4.69, 9.17) is 9.47 Å². The second-order valence-corrected chi connectivity index (χ2v) is 6.51. The third-order valence-electron chi connectivity index (χ3n) is 4.51. The number of rotatable bonds is 7. The Morgan fingerprint density at radius 2 is 2.09 bits per heavy atom. The molecule has 1 aliphatic heterocycles. The maximum Gasteiger partial charge on any atom is 0.249 e. The molecule has 1 heterocycles. The molecule has 23 heavy (non-hydrogen) atoms. The molecule has 1 aromatic rings. The van der Waals surface area contributed by atoms with Crippen LogP contribution in [0.1, 0.15) is 44.2 Å².